The lowest BCUT2D eigenvalue weighted by Crippen LogP contribution is -2.41. The SMILES string of the molecule is CC.CN1CC(c2ccncc2)C1. The van der Waals surface area contributed by atoms with Crippen LogP contribution >= 0.6 is 0 Å². The second-order valence-corrected chi connectivity index (χ2v) is 3.20. The summed E-state index contributed by atoms with van der Waals surface area (Å²) < 4.78 is 0. The fourth-order valence-corrected chi connectivity index (χ4v) is 1.55. The van der Waals surface area contributed by atoms with Gasteiger partial charge in [-0.1, -0.05) is 13.8 Å². The molecule has 2 heterocycles. The number of likely N-dealkylation sites (tertiary alicyclic amines) is 1. The molecule has 0 aromatic carbocycles. The number of hydrogen-bond acceptors (Lipinski definition) is 2. The van der Waals surface area contributed by atoms with Gasteiger partial charge in [0.15, 0.2) is 0 Å². The van der Waals surface area contributed by atoms with Crippen LogP contribution in [0.5, 0.6) is 0 Å². The third kappa shape index (κ3) is 2.52. The van der Waals surface area contributed by atoms with E-state index in [-0.39, 0.29) is 0 Å². The van der Waals surface area contributed by atoms with Gasteiger partial charge in [0, 0.05) is 31.4 Å². The molecule has 0 unspecified atom stereocenters. The van der Waals surface area contributed by atoms with Crippen molar-refractivity contribution in [3.05, 3.63) is 30.1 Å². The lowest BCUT2D eigenvalue weighted by Gasteiger charge is -2.36. The fourth-order valence-electron chi connectivity index (χ4n) is 1.55. The number of likely N-dealkylation sites (N-methyl/N-ethyl adjacent to an activating group) is 1. The maximum absolute atomic E-state index is 3.99. The Hall–Kier alpha value is -0.890. The highest BCUT2D eigenvalue weighted by molar-refractivity contribution is 5.19. The van der Waals surface area contributed by atoms with E-state index in [1.807, 2.05) is 26.2 Å². The number of aromatic nitrogens is 1. The van der Waals surface area contributed by atoms with Gasteiger partial charge in [-0.05, 0) is 24.7 Å². The Morgan fingerprint density at radius 1 is 1.23 bits per heavy atom. The van der Waals surface area contributed by atoms with Crippen LogP contribution in [0.3, 0.4) is 0 Å². The minimum Gasteiger partial charge on any atom is -0.305 e. The van der Waals surface area contributed by atoms with Crippen LogP contribution in [-0.2, 0) is 0 Å². The normalized spacial score (nSPS) is 17.2. The van der Waals surface area contributed by atoms with Crippen LogP contribution in [-0.4, -0.2) is 30.0 Å². The average Bonchev–Trinajstić information content (AvgIpc) is 2.18. The summed E-state index contributed by atoms with van der Waals surface area (Å²) in [7, 11) is 2.15. The van der Waals surface area contributed by atoms with E-state index in [9.17, 15) is 0 Å². The van der Waals surface area contributed by atoms with Gasteiger partial charge in [-0.15, -0.1) is 0 Å². The second-order valence-electron chi connectivity index (χ2n) is 3.20. The smallest absolute Gasteiger partial charge is 0.0270 e. The van der Waals surface area contributed by atoms with Crippen molar-refractivity contribution < 1.29 is 0 Å². The zero-order chi connectivity index (χ0) is 9.68. The molecule has 0 saturated carbocycles. The van der Waals surface area contributed by atoms with Gasteiger partial charge in [0.05, 0.1) is 0 Å². The zero-order valence-corrected chi connectivity index (χ0v) is 8.70. The maximum Gasteiger partial charge on any atom is 0.0270 e. The molecule has 0 bridgehead atoms. The molecule has 13 heavy (non-hydrogen) atoms. The molecular formula is C11H18N2. The van der Waals surface area contributed by atoms with Gasteiger partial charge in [0.1, 0.15) is 0 Å². The first kappa shape index (κ1) is 10.2. The Bertz CT molecular complexity index is 227. The first-order chi connectivity index (χ1) is 6.36. The lowest BCUT2D eigenvalue weighted by atomic mass is 9.93. The molecular weight excluding hydrogens is 160 g/mol. The van der Waals surface area contributed by atoms with E-state index in [1.165, 1.54) is 18.7 Å². The molecule has 2 rings (SSSR count). The Morgan fingerprint density at radius 3 is 2.23 bits per heavy atom. The monoisotopic (exact) mass is 178 g/mol. The third-order valence-corrected chi connectivity index (χ3v) is 2.24. The van der Waals surface area contributed by atoms with Gasteiger partial charge in [-0.25, -0.2) is 0 Å². The summed E-state index contributed by atoms with van der Waals surface area (Å²) in [5, 5.41) is 0. The van der Waals surface area contributed by atoms with Gasteiger partial charge in [0.2, 0.25) is 0 Å². The molecule has 0 atom stereocenters. The van der Waals surface area contributed by atoms with Crippen LogP contribution < -0.4 is 0 Å². The average molecular weight is 178 g/mol. The number of rotatable bonds is 1. The van der Waals surface area contributed by atoms with Crippen molar-refractivity contribution in [2.75, 3.05) is 20.1 Å². The predicted molar refractivity (Wildman–Crippen MR) is 55.8 cm³/mol. The summed E-state index contributed by atoms with van der Waals surface area (Å²) in [4.78, 5) is 6.32. The molecule has 0 spiro atoms. The standard InChI is InChI=1S/C9H12N2.C2H6/c1-11-6-9(7-11)8-2-4-10-5-3-8;1-2/h2-5,9H,6-7H2,1H3;1-2H3. The molecule has 72 valence electrons. The number of nitrogens with zero attached hydrogens (tertiary/aromatic N) is 2. The van der Waals surface area contributed by atoms with Gasteiger partial charge in [-0.3, -0.25) is 4.98 Å². The molecule has 1 saturated heterocycles. The quantitative estimate of drug-likeness (QED) is 0.655. The highest BCUT2D eigenvalue weighted by Gasteiger charge is 2.23. The van der Waals surface area contributed by atoms with E-state index in [0.717, 1.165) is 5.92 Å². The molecule has 1 aliphatic heterocycles. The van der Waals surface area contributed by atoms with E-state index >= 15 is 0 Å². The van der Waals surface area contributed by atoms with Crippen LogP contribution in [0.25, 0.3) is 0 Å². The van der Waals surface area contributed by atoms with Crippen molar-refractivity contribution in [1.29, 1.82) is 0 Å². The van der Waals surface area contributed by atoms with Gasteiger partial charge in [-0.2, -0.15) is 0 Å². The largest absolute Gasteiger partial charge is 0.305 e. The molecule has 2 heteroatoms. The topological polar surface area (TPSA) is 16.1 Å². The molecule has 2 nitrogen and oxygen atoms in total. The molecule has 1 fully saturated rings. The first-order valence-corrected chi connectivity index (χ1v) is 4.95. The van der Waals surface area contributed by atoms with Crippen molar-refractivity contribution in [2.24, 2.45) is 0 Å². The summed E-state index contributed by atoms with van der Waals surface area (Å²) >= 11 is 0. The zero-order valence-electron chi connectivity index (χ0n) is 8.70. The lowest BCUT2D eigenvalue weighted by molar-refractivity contribution is 0.189. The van der Waals surface area contributed by atoms with Gasteiger partial charge in [0.25, 0.3) is 0 Å². The van der Waals surface area contributed by atoms with Crippen LogP contribution in [0.15, 0.2) is 24.5 Å². The third-order valence-electron chi connectivity index (χ3n) is 2.24. The van der Waals surface area contributed by atoms with E-state index in [0.29, 0.717) is 0 Å². The number of pyridine rings is 1. The number of hydrogen-bond donors (Lipinski definition) is 0. The molecule has 1 aromatic rings. The summed E-state index contributed by atoms with van der Waals surface area (Å²) in [6.07, 6.45) is 3.74. The Labute approximate surface area is 80.6 Å². The summed E-state index contributed by atoms with van der Waals surface area (Å²) in [5.74, 6) is 0.753. The molecule has 1 aliphatic rings. The Kier molecular flexibility index (Phi) is 3.90. The minimum absolute atomic E-state index is 0.753. The van der Waals surface area contributed by atoms with Crippen molar-refractivity contribution in [2.45, 2.75) is 19.8 Å². The highest BCUT2D eigenvalue weighted by Crippen LogP contribution is 2.24. The van der Waals surface area contributed by atoms with Crippen LogP contribution in [0.2, 0.25) is 0 Å². The molecule has 0 amide bonds. The molecule has 0 N–H and O–H groups in total. The van der Waals surface area contributed by atoms with E-state index < -0.39 is 0 Å². The van der Waals surface area contributed by atoms with Crippen molar-refractivity contribution in [3.63, 3.8) is 0 Å². The Balaban J connectivity index is 0.000000396. The van der Waals surface area contributed by atoms with Crippen LogP contribution in [0.1, 0.15) is 25.3 Å². The first-order valence-electron chi connectivity index (χ1n) is 4.95. The van der Waals surface area contributed by atoms with Crippen LogP contribution in [0, 0.1) is 0 Å². The summed E-state index contributed by atoms with van der Waals surface area (Å²) in [5.41, 5.74) is 1.43. The van der Waals surface area contributed by atoms with Crippen LogP contribution in [0.4, 0.5) is 0 Å². The van der Waals surface area contributed by atoms with E-state index in [1.54, 1.807) is 0 Å². The Morgan fingerprint density at radius 2 is 1.77 bits per heavy atom. The highest BCUT2D eigenvalue weighted by atomic mass is 15.2. The predicted octanol–water partition coefficient (Wildman–Crippen LogP) is 2.14. The summed E-state index contributed by atoms with van der Waals surface area (Å²) in [6, 6.07) is 4.22. The van der Waals surface area contributed by atoms with Crippen molar-refractivity contribution in [1.82, 2.24) is 9.88 Å². The molecule has 0 aliphatic carbocycles. The minimum atomic E-state index is 0.753. The van der Waals surface area contributed by atoms with Gasteiger partial charge < -0.3 is 4.90 Å². The van der Waals surface area contributed by atoms with Crippen molar-refractivity contribution in [3.8, 4) is 0 Å². The van der Waals surface area contributed by atoms with Gasteiger partial charge >= 0.3 is 0 Å². The molecule has 0 radical (unpaired) electrons. The van der Waals surface area contributed by atoms with E-state index in [2.05, 4.69) is 29.1 Å². The maximum atomic E-state index is 3.99. The van der Waals surface area contributed by atoms with Crippen molar-refractivity contribution >= 4 is 0 Å². The summed E-state index contributed by atoms with van der Waals surface area (Å²) in [6.45, 7) is 6.40. The molecule has 1 aromatic heterocycles. The second kappa shape index (κ2) is 4.97. The fraction of sp³-hybridized carbons (Fsp3) is 0.545. The van der Waals surface area contributed by atoms with E-state index in [4.69, 9.17) is 0 Å².